The highest BCUT2D eigenvalue weighted by atomic mass is 79.9. The first-order chi connectivity index (χ1) is 9.79. The van der Waals surface area contributed by atoms with E-state index in [9.17, 15) is 13.2 Å². The minimum absolute atomic E-state index is 0.0384. The van der Waals surface area contributed by atoms with Crippen LogP contribution in [0.1, 0.15) is 19.8 Å². The summed E-state index contributed by atoms with van der Waals surface area (Å²) in [7, 11) is -3.71. The Morgan fingerprint density at radius 3 is 2.81 bits per heavy atom. The molecule has 1 aromatic rings. The van der Waals surface area contributed by atoms with Gasteiger partial charge >= 0.3 is 0 Å². The van der Waals surface area contributed by atoms with Crippen molar-refractivity contribution in [3.63, 3.8) is 0 Å². The standard InChI is InChI=1S/C13H18BrN3O3S/c1-9(8-17-6-2-3-13(17)18)16-21(19,20)12-7-10(14)4-5-11(12)15/h4-5,7,9,16H,2-3,6,8,15H2,1H3. The van der Waals surface area contributed by atoms with Gasteiger partial charge in [0.25, 0.3) is 0 Å². The van der Waals surface area contributed by atoms with Gasteiger partial charge in [0.1, 0.15) is 4.90 Å². The molecule has 0 radical (unpaired) electrons. The fourth-order valence-corrected chi connectivity index (χ4v) is 4.24. The van der Waals surface area contributed by atoms with Crippen LogP contribution in [-0.2, 0) is 14.8 Å². The van der Waals surface area contributed by atoms with Crippen LogP contribution in [0, 0.1) is 0 Å². The predicted molar refractivity (Wildman–Crippen MR) is 84.2 cm³/mol. The first kappa shape index (κ1) is 16.3. The van der Waals surface area contributed by atoms with E-state index in [1.54, 1.807) is 17.9 Å². The van der Waals surface area contributed by atoms with Crippen LogP contribution < -0.4 is 10.5 Å². The Kier molecular flexibility index (Phi) is 4.90. The lowest BCUT2D eigenvalue weighted by molar-refractivity contribution is -0.127. The second-order valence-corrected chi connectivity index (χ2v) is 7.75. The Morgan fingerprint density at radius 1 is 1.48 bits per heavy atom. The summed E-state index contributed by atoms with van der Waals surface area (Å²) in [5, 5.41) is 0. The summed E-state index contributed by atoms with van der Waals surface area (Å²) in [6.07, 6.45) is 1.37. The first-order valence-electron chi connectivity index (χ1n) is 6.65. The van der Waals surface area contributed by atoms with E-state index in [0.29, 0.717) is 24.0 Å². The van der Waals surface area contributed by atoms with Crippen LogP contribution in [0.3, 0.4) is 0 Å². The highest BCUT2D eigenvalue weighted by Crippen LogP contribution is 2.23. The van der Waals surface area contributed by atoms with Crippen LogP contribution in [0.5, 0.6) is 0 Å². The van der Waals surface area contributed by atoms with Crippen molar-refractivity contribution in [3.8, 4) is 0 Å². The van der Waals surface area contributed by atoms with Gasteiger partial charge in [-0.3, -0.25) is 4.79 Å². The highest BCUT2D eigenvalue weighted by Gasteiger charge is 2.25. The smallest absolute Gasteiger partial charge is 0.242 e. The van der Waals surface area contributed by atoms with Crippen LogP contribution >= 0.6 is 15.9 Å². The lowest BCUT2D eigenvalue weighted by Gasteiger charge is -2.22. The number of nitrogens with zero attached hydrogens (tertiary/aromatic N) is 1. The molecular weight excluding hydrogens is 358 g/mol. The van der Waals surface area contributed by atoms with Crippen molar-refractivity contribution in [1.82, 2.24) is 9.62 Å². The molecule has 1 aliphatic rings. The number of hydrogen-bond acceptors (Lipinski definition) is 4. The lowest BCUT2D eigenvalue weighted by atomic mass is 10.3. The van der Waals surface area contributed by atoms with Crippen LogP contribution in [0.2, 0.25) is 0 Å². The van der Waals surface area contributed by atoms with Crippen molar-refractivity contribution in [3.05, 3.63) is 22.7 Å². The predicted octanol–water partition coefficient (Wildman–Crippen LogP) is 1.32. The Balaban J connectivity index is 2.09. The summed E-state index contributed by atoms with van der Waals surface area (Å²) in [6, 6.07) is 4.30. The molecule has 8 heteroatoms. The molecule has 6 nitrogen and oxygen atoms in total. The third-order valence-electron chi connectivity index (χ3n) is 3.29. The molecule has 1 fully saturated rings. The van der Waals surface area contributed by atoms with Gasteiger partial charge in [-0.1, -0.05) is 15.9 Å². The van der Waals surface area contributed by atoms with E-state index in [-0.39, 0.29) is 22.5 Å². The molecule has 3 N–H and O–H groups in total. The van der Waals surface area contributed by atoms with Gasteiger partial charge in [0.15, 0.2) is 0 Å². The van der Waals surface area contributed by atoms with E-state index in [1.807, 2.05) is 0 Å². The summed E-state index contributed by atoms with van der Waals surface area (Å²) in [4.78, 5) is 13.3. The molecule has 0 spiro atoms. The van der Waals surface area contributed by atoms with Crippen molar-refractivity contribution < 1.29 is 13.2 Å². The average molecular weight is 376 g/mol. The molecule has 0 saturated carbocycles. The highest BCUT2D eigenvalue weighted by molar-refractivity contribution is 9.10. The van der Waals surface area contributed by atoms with E-state index < -0.39 is 10.0 Å². The molecular formula is C13H18BrN3O3S. The fourth-order valence-electron chi connectivity index (χ4n) is 2.33. The van der Waals surface area contributed by atoms with Gasteiger partial charge in [-0.15, -0.1) is 0 Å². The number of carbonyl (C=O) groups is 1. The zero-order valence-corrected chi connectivity index (χ0v) is 14.1. The van der Waals surface area contributed by atoms with Gasteiger partial charge in [-0.25, -0.2) is 13.1 Å². The molecule has 1 aliphatic heterocycles. The zero-order valence-electron chi connectivity index (χ0n) is 11.7. The summed E-state index contributed by atoms with van der Waals surface area (Å²) in [5.74, 6) is 0.0722. The molecule has 0 aliphatic carbocycles. The van der Waals surface area contributed by atoms with Crippen LogP contribution in [0.15, 0.2) is 27.6 Å². The first-order valence-corrected chi connectivity index (χ1v) is 8.92. The number of benzene rings is 1. The SMILES string of the molecule is CC(CN1CCCC1=O)NS(=O)(=O)c1cc(Br)ccc1N. The van der Waals surface area contributed by atoms with Crippen LogP contribution in [0.4, 0.5) is 5.69 Å². The van der Waals surface area contributed by atoms with Gasteiger partial charge < -0.3 is 10.6 Å². The second kappa shape index (κ2) is 6.33. The van der Waals surface area contributed by atoms with Crippen LogP contribution in [-0.4, -0.2) is 38.4 Å². The fraction of sp³-hybridized carbons (Fsp3) is 0.462. The molecule has 0 aromatic heterocycles. The van der Waals surface area contributed by atoms with Gasteiger partial charge in [0.2, 0.25) is 15.9 Å². The second-order valence-electron chi connectivity index (χ2n) is 5.15. The van der Waals surface area contributed by atoms with E-state index >= 15 is 0 Å². The Morgan fingerprint density at radius 2 is 2.19 bits per heavy atom. The summed E-state index contributed by atoms with van der Waals surface area (Å²) in [6.45, 7) is 2.78. The van der Waals surface area contributed by atoms with E-state index in [4.69, 9.17) is 5.73 Å². The maximum Gasteiger partial charge on any atom is 0.242 e. The number of halogens is 1. The summed E-state index contributed by atoms with van der Waals surface area (Å²) < 4.78 is 27.9. The molecule has 1 aromatic carbocycles. The molecule has 1 unspecified atom stereocenters. The van der Waals surface area contributed by atoms with Gasteiger partial charge in [0, 0.05) is 30.0 Å². The minimum Gasteiger partial charge on any atom is -0.398 e. The average Bonchev–Trinajstić information content (AvgIpc) is 2.77. The number of nitrogens with two attached hydrogens (primary N) is 1. The van der Waals surface area contributed by atoms with E-state index in [2.05, 4.69) is 20.7 Å². The van der Waals surface area contributed by atoms with Crippen molar-refractivity contribution in [1.29, 1.82) is 0 Å². The molecule has 116 valence electrons. The summed E-state index contributed by atoms with van der Waals surface area (Å²) >= 11 is 3.23. The Hall–Kier alpha value is -1.12. The number of rotatable bonds is 5. The maximum atomic E-state index is 12.4. The normalized spacial score (nSPS) is 17.2. The molecule has 1 atom stereocenters. The zero-order chi connectivity index (χ0) is 15.6. The van der Waals surface area contributed by atoms with Gasteiger partial charge in [-0.05, 0) is 31.5 Å². The number of anilines is 1. The monoisotopic (exact) mass is 375 g/mol. The van der Waals surface area contributed by atoms with Crippen LogP contribution in [0.25, 0.3) is 0 Å². The van der Waals surface area contributed by atoms with Crippen molar-refractivity contribution in [2.75, 3.05) is 18.8 Å². The third-order valence-corrected chi connectivity index (χ3v) is 5.43. The number of carbonyl (C=O) groups excluding carboxylic acids is 1. The molecule has 21 heavy (non-hydrogen) atoms. The Labute approximate surface area is 132 Å². The number of amides is 1. The number of sulfonamides is 1. The molecule has 1 heterocycles. The molecule has 1 amide bonds. The molecule has 0 bridgehead atoms. The van der Waals surface area contributed by atoms with Gasteiger partial charge in [0.05, 0.1) is 5.69 Å². The van der Waals surface area contributed by atoms with Gasteiger partial charge in [-0.2, -0.15) is 0 Å². The summed E-state index contributed by atoms with van der Waals surface area (Å²) in [5.41, 5.74) is 5.92. The number of likely N-dealkylation sites (tertiary alicyclic amines) is 1. The molecule has 2 rings (SSSR count). The largest absolute Gasteiger partial charge is 0.398 e. The molecule has 1 saturated heterocycles. The van der Waals surface area contributed by atoms with E-state index in [0.717, 1.165) is 6.42 Å². The number of nitrogen functional groups attached to an aromatic ring is 1. The quantitative estimate of drug-likeness (QED) is 0.759. The van der Waals surface area contributed by atoms with Crippen molar-refractivity contribution >= 4 is 37.5 Å². The minimum atomic E-state index is -3.71. The topological polar surface area (TPSA) is 92.5 Å². The van der Waals surface area contributed by atoms with Crippen molar-refractivity contribution in [2.45, 2.75) is 30.7 Å². The Bertz CT molecular complexity index is 648. The third kappa shape index (κ3) is 3.96. The van der Waals surface area contributed by atoms with E-state index in [1.165, 1.54) is 12.1 Å². The number of hydrogen-bond donors (Lipinski definition) is 2. The maximum absolute atomic E-state index is 12.4. The lowest BCUT2D eigenvalue weighted by Crippen LogP contribution is -2.42. The van der Waals surface area contributed by atoms with Crippen molar-refractivity contribution in [2.24, 2.45) is 0 Å². The number of nitrogens with one attached hydrogen (secondary N) is 1.